The molecular weight excluding hydrogens is 338 g/mol. The van der Waals surface area contributed by atoms with Gasteiger partial charge in [-0.25, -0.2) is 8.78 Å². The number of rotatable bonds is 6. The molecule has 1 heterocycles. The molecule has 0 spiro atoms. The van der Waals surface area contributed by atoms with Crippen LogP contribution in [-0.2, 0) is 4.74 Å². The Morgan fingerprint density at radius 2 is 1.95 bits per heavy atom. The van der Waals surface area contributed by atoms with Gasteiger partial charge in [0.15, 0.2) is 17.3 Å². The van der Waals surface area contributed by atoms with Crippen LogP contribution in [0.4, 0.5) is 8.78 Å². The number of alkyl halides is 2. The number of hydrogen-bond donors (Lipinski definition) is 0. The Labute approximate surface area is 123 Å². The molecule has 0 radical (unpaired) electrons. The summed E-state index contributed by atoms with van der Waals surface area (Å²) in [6.45, 7) is 0.202. The first kappa shape index (κ1) is 15.2. The minimum absolute atomic E-state index is 0.0327. The monoisotopic (exact) mass is 350 g/mol. The molecule has 0 bridgehead atoms. The van der Waals surface area contributed by atoms with Crippen molar-refractivity contribution in [1.29, 1.82) is 0 Å². The van der Waals surface area contributed by atoms with E-state index in [0.717, 1.165) is 0 Å². The third-order valence-electron chi connectivity index (χ3n) is 2.65. The third kappa shape index (κ3) is 3.89. The number of fused-ring (bicyclic) bond motifs is 1. The molecule has 0 aliphatic carbocycles. The van der Waals surface area contributed by atoms with Crippen LogP contribution in [0.25, 0.3) is 0 Å². The smallest absolute Gasteiger partial charge is 0.261 e. The Bertz CT molecular complexity index is 494. The van der Waals surface area contributed by atoms with E-state index in [4.69, 9.17) is 14.2 Å². The number of hydrogen-bond acceptors (Lipinski definition) is 4. The molecule has 2 rings (SSSR count). The van der Waals surface area contributed by atoms with Crippen molar-refractivity contribution in [2.24, 2.45) is 0 Å². The van der Waals surface area contributed by atoms with E-state index in [1.807, 2.05) is 0 Å². The number of Topliss-reactive ketones (excluding diaryl/α,β-unsaturated/α-hetero) is 1. The van der Waals surface area contributed by atoms with E-state index in [1.165, 1.54) is 0 Å². The van der Waals surface area contributed by atoms with Gasteiger partial charge < -0.3 is 14.2 Å². The highest BCUT2D eigenvalue weighted by Crippen LogP contribution is 2.35. The highest BCUT2D eigenvalue weighted by atomic mass is 79.9. The van der Waals surface area contributed by atoms with Crippen LogP contribution >= 0.6 is 15.9 Å². The molecule has 0 amide bonds. The average Bonchev–Trinajstić information content (AvgIpc) is 2.42. The highest BCUT2D eigenvalue weighted by molar-refractivity contribution is 9.10. The van der Waals surface area contributed by atoms with Crippen molar-refractivity contribution >= 4 is 21.7 Å². The summed E-state index contributed by atoms with van der Waals surface area (Å²) in [5.74, 6) is 0.882. The molecule has 1 aliphatic rings. The number of carbonyl (C=O) groups is 1. The average molecular weight is 351 g/mol. The van der Waals surface area contributed by atoms with Gasteiger partial charge in [-0.05, 0) is 28.1 Å². The summed E-state index contributed by atoms with van der Waals surface area (Å²) in [6, 6.07) is 3.26. The summed E-state index contributed by atoms with van der Waals surface area (Å²) >= 11 is 3.29. The van der Waals surface area contributed by atoms with E-state index in [2.05, 4.69) is 15.9 Å². The van der Waals surface area contributed by atoms with E-state index < -0.39 is 13.0 Å². The van der Waals surface area contributed by atoms with Gasteiger partial charge in [0.1, 0.15) is 19.8 Å². The van der Waals surface area contributed by atoms with E-state index in [1.54, 1.807) is 12.1 Å². The number of carbonyl (C=O) groups excluding carboxylic acids is 1. The van der Waals surface area contributed by atoms with Crippen LogP contribution in [0.5, 0.6) is 11.5 Å². The van der Waals surface area contributed by atoms with Gasteiger partial charge in [0.2, 0.25) is 0 Å². The third-order valence-corrected chi connectivity index (χ3v) is 3.31. The van der Waals surface area contributed by atoms with Gasteiger partial charge in [0.05, 0.1) is 6.61 Å². The standard InChI is InChI=1S/C13H13BrF2O4/c14-9-6-12-11(19-3-4-20-12)5-8(9)10(17)1-2-18-7-13(15)16/h5-6,13H,1-4,7H2. The summed E-state index contributed by atoms with van der Waals surface area (Å²) in [7, 11) is 0. The predicted molar refractivity (Wildman–Crippen MR) is 70.9 cm³/mol. The summed E-state index contributed by atoms with van der Waals surface area (Å²) in [5, 5.41) is 0. The van der Waals surface area contributed by atoms with Gasteiger partial charge in [-0.2, -0.15) is 0 Å². The molecule has 7 heteroatoms. The molecule has 1 aliphatic heterocycles. The largest absolute Gasteiger partial charge is 0.486 e. The minimum atomic E-state index is -2.52. The molecule has 0 saturated heterocycles. The van der Waals surface area contributed by atoms with Crippen molar-refractivity contribution in [3.8, 4) is 11.5 Å². The Hall–Kier alpha value is -1.21. The molecule has 110 valence electrons. The molecule has 0 aromatic heterocycles. The fourth-order valence-corrected chi connectivity index (χ4v) is 2.29. The summed E-state index contributed by atoms with van der Waals surface area (Å²) in [5.41, 5.74) is 0.426. The second kappa shape index (κ2) is 6.99. The Balaban J connectivity index is 1.99. The van der Waals surface area contributed by atoms with Crippen LogP contribution in [0.2, 0.25) is 0 Å². The molecule has 0 unspecified atom stereocenters. The lowest BCUT2D eigenvalue weighted by atomic mass is 10.1. The number of ether oxygens (including phenoxy) is 3. The fourth-order valence-electron chi connectivity index (χ4n) is 1.75. The zero-order valence-corrected chi connectivity index (χ0v) is 12.1. The Morgan fingerprint density at radius 3 is 2.60 bits per heavy atom. The Morgan fingerprint density at radius 1 is 1.30 bits per heavy atom. The van der Waals surface area contributed by atoms with Gasteiger partial charge in [-0.15, -0.1) is 0 Å². The fraction of sp³-hybridized carbons (Fsp3) is 0.462. The maximum atomic E-state index is 12.0. The Kier molecular flexibility index (Phi) is 5.31. The first-order chi connectivity index (χ1) is 9.58. The summed E-state index contributed by atoms with van der Waals surface area (Å²) in [4.78, 5) is 12.0. The van der Waals surface area contributed by atoms with E-state index in [0.29, 0.717) is 34.7 Å². The van der Waals surface area contributed by atoms with E-state index in [9.17, 15) is 13.6 Å². The zero-order chi connectivity index (χ0) is 14.5. The summed E-state index contributed by atoms with van der Waals surface area (Å²) in [6.07, 6.45) is -2.49. The van der Waals surface area contributed by atoms with Crippen molar-refractivity contribution in [1.82, 2.24) is 0 Å². The van der Waals surface area contributed by atoms with Crippen molar-refractivity contribution in [2.75, 3.05) is 26.4 Å². The van der Waals surface area contributed by atoms with Gasteiger partial charge >= 0.3 is 0 Å². The number of halogens is 3. The summed E-state index contributed by atoms with van der Waals surface area (Å²) < 4.78 is 39.8. The molecule has 0 N–H and O–H groups in total. The molecule has 0 fully saturated rings. The zero-order valence-electron chi connectivity index (χ0n) is 10.5. The second-order valence-corrected chi connectivity index (χ2v) is 4.97. The lowest BCUT2D eigenvalue weighted by Gasteiger charge is -2.19. The molecule has 0 saturated carbocycles. The number of benzene rings is 1. The lowest BCUT2D eigenvalue weighted by Crippen LogP contribution is -2.16. The van der Waals surface area contributed by atoms with Crippen molar-refractivity contribution in [3.63, 3.8) is 0 Å². The molecule has 4 nitrogen and oxygen atoms in total. The van der Waals surface area contributed by atoms with Crippen molar-refractivity contribution in [3.05, 3.63) is 22.2 Å². The van der Waals surface area contributed by atoms with E-state index >= 15 is 0 Å². The maximum Gasteiger partial charge on any atom is 0.261 e. The van der Waals surface area contributed by atoms with Gasteiger partial charge in [-0.1, -0.05) is 0 Å². The SMILES string of the molecule is O=C(CCOCC(F)F)c1cc2c(cc1Br)OCCO2. The van der Waals surface area contributed by atoms with Crippen LogP contribution in [0.1, 0.15) is 16.8 Å². The topological polar surface area (TPSA) is 44.8 Å². The molecular formula is C13H13BrF2O4. The minimum Gasteiger partial charge on any atom is -0.486 e. The van der Waals surface area contributed by atoms with Crippen LogP contribution in [0.3, 0.4) is 0 Å². The van der Waals surface area contributed by atoms with Crippen LogP contribution in [0, 0.1) is 0 Å². The normalized spacial score (nSPS) is 13.6. The van der Waals surface area contributed by atoms with Gasteiger partial charge in [0.25, 0.3) is 6.43 Å². The predicted octanol–water partition coefficient (Wildman–Crippen LogP) is 3.07. The molecule has 1 aromatic rings. The molecule has 1 aromatic carbocycles. The number of ketones is 1. The van der Waals surface area contributed by atoms with Crippen molar-refractivity contribution in [2.45, 2.75) is 12.8 Å². The quantitative estimate of drug-likeness (QED) is 0.584. The van der Waals surface area contributed by atoms with Crippen LogP contribution in [-0.4, -0.2) is 38.6 Å². The lowest BCUT2D eigenvalue weighted by molar-refractivity contribution is 0.0169. The first-order valence-electron chi connectivity index (χ1n) is 6.06. The maximum absolute atomic E-state index is 12.0. The van der Waals surface area contributed by atoms with Gasteiger partial charge in [-0.3, -0.25) is 4.79 Å². The van der Waals surface area contributed by atoms with Crippen LogP contribution in [0.15, 0.2) is 16.6 Å². The van der Waals surface area contributed by atoms with Crippen molar-refractivity contribution < 1.29 is 27.8 Å². The van der Waals surface area contributed by atoms with Gasteiger partial charge in [0, 0.05) is 16.5 Å². The first-order valence-corrected chi connectivity index (χ1v) is 6.85. The van der Waals surface area contributed by atoms with Crippen LogP contribution < -0.4 is 9.47 Å². The van der Waals surface area contributed by atoms with E-state index in [-0.39, 0.29) is 18.8 Å². The molecule has 20 heavy (non-hydrogen) atoms. The second-order valence-electron chi connectivity index (χ2n) is 4.11. The molecule has 0 atom stereocenters. The highest BCUT2D eigenvalue weighted by Gasteiger charge is 2.18.